The maximum absolute atomic E-state index is 12.2. The summed E-state index contributed by atoms with van der Waals surface area (Å²) >= 11 is 0. The molecule has 0 saturated carbocycles. The molecule has 128 valence electrons. The monoisotopic (exact) mass is 363 g/mol. The van der Waals surface area contributed by atoms with Crippen molar-refractivity contribution in [1.82, 2.24) is 10.0 Å². The number of nitro groups is 1. The highest BCUT2D eigenvalue weighted by atomic mass is 35.5. The molecule has 0 fully saturated rings. The van der Waals surface area contributed by atoms with Gasteiger partial charge in [-0.05, 0) is 25.1 Å². The Kier molecular flexibility index (Phi) is 6.95. The number of nitro benzene ring substituents is 1. The van der Waals surface area contributed by atoms with Crippen molar-refractivity contribution in [3.8, 4) is 5.75 Å². The maximum atomic E-state index is 12.2. The first kappa shape index (κ1) is 19.4. The third kappa shape index (κ3) is 4.90. The molecular formula is C13H18ClN3O5S. The molecule has 0 aromatic heterocycles. The second-order valence-electron chi connectivity index (χ2n) is 4.73. The third-order valence-corrected chi connectivity index (χ3v) is 4.70. The zero-order valence-electron chi connectivity index (χ0n) is 12.4. The Labute approximate surface area is 140 Å². The van der Waals surface area contributed by atoms with E-state index in [2.05, 4.69) is 10.0 Å². The van der Waals surface area contributed by atoms with Gasteiger partial charge in [0.25, 0.3) is 0 Å². The van der Waals surface area contributed by atoms with E-state index in [-0.39, 0.29) is 35.3 Å². The Morgan fingerprint density at radius 2 is 2.17 bits per heavy atom. The molecule has 0 spiro atoms. The smallest absolute Gasteiger partial charge is 0.312 e. The highest BCUT2D eigenvalue weighted by Crippen LogP contribution is 2.29. The van der Waals surface area contributed by atoms with Crippen molar-refractivity contribution < 1.29 is 18.1 Å². The summed E-state index contributed by atoms with van der Waals surface area (Å²) in [5.41, 5.74) is 0.608. The number of hydrogen-bond acceptors (Lipinski definition) is 6. The van der Waals surface area contributed by atoms with Gasteiger partial charge in [-0.3, -0.25) is 10.1 Å². The largest absolute Gasteiger partial charge is 0.490 e. The number of nitrogens with zero attached hydrogens (tertiary/aromatic N) is 1. The van der Waals surface area contributed by atoms with Crippen LogP contribution in [0.25, 0.3) is 0 Å². The van der Waals surface area contributed by atoms with Crippen LogP contribution in [0.4, 0.5) is 5.69 Å². The van der Waals surface area contributed by atoms with E-state index < -0.39 is 14.9 Å². The van der Waals surface area contributed by atoms with Gasteiger partial charge in [0.05, 0.1) is 16.9 Å². The molecule has 23 heavy (non-hydrogen) atoms. The molecule has 1 aliphatic heterocycles. The van der Waals surface area contributed by atoms with E-state index in [1.54, 1.807) is 0 Å². The lowest BCUT2D eigenvalue weighted by molar-refractivity contribution is -0.386. The van der Waals surface area contributed by atoms with Crippen LogP contribution in [0, 0.1) is 10.1 Å². The number of nitrogens with one attached hydrogen (secondary N) is 2. The van der Waals surface area contributed by atoms with Gasteiger partial charge in [-0.2, -0.15) is 0 Å². The first-order valence-corrected chi connectivity index (χ1v) is 8.13. The van der Waals surface area contributed by atoms with Gasteiger partial charge in [0.1, 0.15) is 0 Å². The lowest BCUT2D eigenvalue weighted by Crippen LogP contribution is -2.29. The average Bonchev–Trinajstić information content (AvgIpc) is 2.53. The first-order valence-electron chi connectivity index (χ1n) is 6.65. The Hall–Kier alpha value is -1.68. The Morgan fingerprint density at radius 3 is 2.74 bits per heavy atom. The summed E-state index contributed by atoms with van der Waals surface area (Å²) < 4.78 is 31.8. The minimum absolute atomic E-state index is 0. The first-order chi connectivity index (χ1) is 10.4. The molecule has 0 bridgehead atoms. The summed E-state index contributed by atoms with van der Waals surface area (Å²) in [5, 5.41) is 14.1. The molecule has 0 unspecified atom stereocenters. The molecule has 1 heterocycles. The van der Waals surface area contributed by atoms with Gasteiger partial charge >= 0.3 is 5.69 Å². The summed E-state index contributed by atoms with van der Waals surface area (Å²) in [6.45, 7) is 1.72. The Morgan fingerprint density at radius 1 is 1.43 bits per heavy atom. The van der Waals surface area contributed by atoms with Crippen LogP contribution >= 0.6 is 12.4 Å². The fraction of sp³-hybridized carbons (Fsp3) is 0.385. The molecule has 0 radical (unpaired) electrons. The predicted molar refractivity (Wildman–Crippen MR) is 87.7 cm³/mol. The molecule has 1 aromatic carbocycles. The normalized spacial score (nSPS) is 14.6. The van der Waals surface area contributed by atoms with Crippen molar-refractivity contribution >= 4 is 28.1 Å². The van der Waals surface area contributed by atoms with Crippen molar-refractivity contribution in [3.63, 3.8) is 0 Å². The van der Waals surface area contributed by atoms with Crippen LogP contribution < -0.4 is 14.8 Å². The lowest BCUT2D eigenvalue weighted by Gasteiger charge is -2.14. The van der Waals surface area contributed by atoms with Gasteiger partial charge in [-0.25, -0.2) is 13.1 Å². The number of halogens is 1. The van der Waals surface area contributed by atoms with Crippen LogP contribution in [-0.4, -0.2) is 40.1 Å². The van der Waals surface area contributed by atoms with E-state index in [1.165, 1.54) is 19.2 Å². The van der Waals surface area contributed by atoms with E-state index >= 15 is 0 Å². The van der Waals surface area contributed by atoms with Crippen molar-refractivity contribution in [1.29, 1.82) is 0 Å². The molecule has 1 aliphatic rings. The summed E-state index contributed by atoms with van der Waals surface area (Å²) in [7, 11) is -2.52. The second-order valence-corrected chi connectivity index (χ2v) is 6.50. The minimum Gasteiger partial charge on any atom is -0.490 e. The molecule has 0 aliphatic carbocycles. The standard InChI is InChI=1S/C13H17N3O5S.ClH/c1-21-13-3-2-11(8-12(13)16(17)18)22(19,20)15-9-10-4-6-14-7-5-10;/h2-4,8,14-15H,5-7,9H2,1H3;1H. The van der Waals surface area contributed by atoms with Crippen molar-refractivity contribution in [2.45, 2.75) is 11.3 Å². The van der Waals surface area contributed by atoms with Gasteiger partial charge in [0.2, 0.25) is 10.0 Å². The van der Waals surface area contributed by atoms with E-state index in [9.17, 15) is 18.5 Å². The van der Waals surface area contributed by atoms with Crippen LogP contribution in [0.15, 0.2) is 34.7 Å². The lowest BCUT2D eigenvalue weighted by atomic mass is 10.1. The third-order valence-electron chi connectivity index (χ3n) is 3.30. The molecule has 1 aromatic rings. The molecule has 10 heteroatoms. The predicted octanol–water partition coefficient (Wildman–Crippen LogP) is 1.22. The highest BCUT2D eigenvalue weighted by Gasteiger charge is 2.22. The number of sulfonamides is 1. The van der Waals surface area contributed by atoms with Crippen LogP contribution in [-0.2, 0) is 10.0 Å². The molecule has 2 rings (SSSR count). The van der Waals surface area contributed by atoms with Crippen LogP contribution in [0.3, 0.4) is 0 Å². The van der Waals surface area contributed by atoms with E-state index in [0.717, 1.165) is 24.6 Å². The topological polar surface area (TPSA) is 111 Å². The summed E-state index contributed by atoms with van der Waals surface area (Å²) in [6, 6.07) is 3.56. The molecule has 0 amide bonds. The van der Waals surface area contributed by atoms with E-state index in [4.69, 9.17) is 4.74 Å². The molecular weight excluding hydrogens is 346 g/mol. The quantitative estimate of drug-likeness (QED) is 0.446. The minimum atomic E-state index is -3.81. The molecule has 0 saturated heterocycles. The number of rotatable bonds is 6. The number of benzene rings is 1. The zero-order valence-corrected chi connectivity index (χ0v) is 14.1. The van der Waals surface area contributed by atoms with E-state index in [0.29, 0.717) is 6.54 Å². The van der Waals surface area contributed by atoms with Gasteiger partial charge in [-0.15, -0.1) is 12.4 Å². The van der Waals surface area contributed by atoms with Crippen molar-refractivity contribution in [2.75, 3.05) is 26.7 Å². The summed E-state index contributed by atoms with van der Waals surface area (Å²) in [4.78, 5) is 10.1. The maximum Gasteiger partial charge on any atom is 0.312 e. The van der Waals surface area contributed by atoms with Crippen LogP contribution in [0.2, 0.25) is 0 Å². The van der Waals surface area contributed by atoms with Gasteiger partial charge < -0.3 is 10.1 Å². The zero-order chi connectivity index (χ0) is 16.2. The van der Waals surface area contributed by atoms with Crippen LogP contribution in [0.1, 0.15) is 6.42 Å². The number of methoxy groups -OCH3 is 1. The van der Waals surface area contributed by atoms with Crippen LogP contribution in [0.5, 0.6) is 5.75 Å². The highest BCUT2D eigenvalue weighted by molar-refractivity contribution is 7.89. The van der Waals surface area contributed by atoms with Gasteiger partial charge in [0, 0.05) is 19.2 Å². The molecule has 8 nitrogen and oxygen atoms in total. The fourth-order valence-electron chi connectivity index (χ4n) is 2.08. The Balaban J connectivity index is 0.00000264. The number of ether oxygens (including phenoxy) is 1. The molecule has 0 atom stereocenters. The van der Waals surface area contributed by atoms with Gasteiger partial charge in [0.15, 0.2) is 5.75 Å². The van der Waals surface area contributed by atoms with Gasteiger partial charge in [-0.1, -0.05) is 11.6 Å². The van der Waals surface area contributed by atoms with Crippen molar-refractivity contribution in [2.24, 2.45) is 0 Å². The number of hydrogen-bond donors (Lipinski definition) is 2. The van der Waals surface area contributed by atoms with E-state index in [1.807, 2.05) is 6.08 Å². The summed E-state index contributed by atoms with van der Waals surface area (Å²) in [5.74, 6) is 0.0185. The second kappa shape index (κ2) is 8.25. The fourth-order valence-corrected chi connectivity index (χ4v) is 3.14. The SMILES string of the molecule is COc1ccc(S(=O)(=O)NCC2=CCNCC2)cc1[N+](=O)[O-].Cl. The average molecular weight is 364 g/mol. The Bertz CT molecular complexity index is 706. The summed E-state index contributed by atoms with van der Waals surface area (Å²) in [6.07, 6.45) is 2.70. The molecule has 2 N–H and O–H groups in total. The van der Waals surface area contributed by atoms with Crippen molar-refractivity contribution in [3.05, 3.63) is 40.0 Å².